The number of nitrogens with zero attached hydrogens (tertiary/aromatic N) is 1. The second-order valence-electron chi connectivity index (χ2n) is 8.77. The predicted octanol–water partition coefficient (Wildman–Crippen LogP) is 8.09. The summed E-state index contributed by atoms with van der Waals surface area (Å²) in [7, 11) is 0. The molecule has 0 unspecified atom stereocenters. The Balaban J connectivity index is 1.69. The molecule has 0 atom stereocenters. The van der Waals surface area contributed by atoms with Crippen LogP contribution in [-0.4, -0.2) is 35.2 Å². The highest BCUT2D eigenvalue weighted by molar-refractivity contribution is 9.10. The van der Waals surface area contributed by atoms with Crippen molar-refractivity contribution in [2.75, 3.05) is 13.2 Å². The zero-order valence-electron chi connectivity index (χ0n) is 22.6. The second kappa shape index (κ2) is 13.9. The summed E-state index contributed by atoms with van der Waals surface area (Å²) >= 11 is 10.7. The highest BCUT2D eigenvalue weighted by Crippen LogP contribution is 2.42. The van der Waals surface area contributed by atoms with Gasteiger partial charge in [0.25, 0.3) is 5.91 Å². The zero-order valence-corrected chi connectivity index (χ0v) is 25.7. The van der Waals surface area contributed by atoms with Gasteiger partial charge in [-0.15, -0.1) is 0 Å². The summed E-state index contributed by atoms with van der Waals surface area (Å²) in [5.41, 5.74) is 2.54. The maximum Gasteiger partial charge on any atom is 0.344 e. The van der Waals surface area contributed by atoms with Gasteiger partial charge >= 0.3 is 5.97 Å². The van der Waals surface area contributed by atoms with Crippen LogP contribution >= 0.6 is 39.3 Å². The van der Waals surface area contributed by atoms with Crippen LogP contribution < -0.4 is 9.47 Å². The lowest BCUT2D eigenvalue weighted by molar-refractivity contribution is -0.138. The maximum absolute atomic E-state index is 13.0. The van der Waals surface area contributed by atoms with E-state index in [0.29, 0.717) is 43.6 Å². The van der Waals surface area contributed by atoms with Gasteiger partial charge in [0.1, 0.15) is 23.0 Å². The lowest BCUT2D eigenvalue weighted by Gasteiger charge is -2.15. The summed E-state index contributed by atoms with van der Waals surface area (Å²) in [6.45, 7) is 6.09. The number of benzene rings is 3. The fraction of sp³-hybridized carbons (Fsp3) is 0.194. The number of aliphatic imine (C=N–C) groups is 1. The summed E-state index contributed by atoms with van der Waals surface area (Å²) in [4.78, 5) is 30.3. The van der Waals surface area contributed by atoms with Gasteiger partial charge in [-0.2, -0.15) is 0 Å². The van der Waals surface area contributed by atoms with E-state index < -0.39 is 11.9 Å². The number of ether oxygens (including phenoxy) is 3. The standard InChI is InChI=1S/C31H27BrClNO6S/c1-4-38-24-15-20(14-23(32)28(24)40-17-19-10-8-11-21(33)13-19)16-25-27(35)26(31(37)39-5-2)30(41-25)34-29(36)22-12-7-6-9-18(22)3/h6-16,35H,4-5,17H2,1-3H3/b25-16-,34-30?. The lowest BCUT2D eigenvalue weighted by Crippen LogP contribution is -2.14. The number of amides is 1. The Hall–Kier alpha value is -3.53. The number of hydrogen-bond donors (Lipinski definition) is 1. The predicted molar refractivity (Wildman–Crippen MR) is 166 cm³/mol. The maximum atomic E-state index is 13.0. The Morgan fingerprint density at radius 1 is 1.05 bits per heavy atom. The van der Waals surface area contributed by atoms with E-state index in [0.717, 1.165) is 22.9 Å². The largest absolute Gasteiger partial charge is 0.506 e. The molecule has 1 N–H and O–H groups in total. The van der Waals surface area contributed by atoms with E-state index in [-0.39, 0.29) is 29.6 Å². The summed E-state index contributed by atoms with van der Waals surface area (Å²) in [6, 6.07) is 18.0. The average Bonchev–Trinajstić information content (AvgIpc) is 3.22. The van der Waals surface area contributed by atoms with Crippen molar-refractivity contribution in [1.82, 2.24) is 0 Å². The van der Waals surface area contributed by atoms with E-state index in [1.54, 1.807) is 56.3 Å². The molecule has 1 aliphatic heterocycles. The highest BCUT2D eigenvalue weighted by atomic mass is 79.9. The molecule has 0 saturated carbocycles. The number of aliphatic hydroxyl groups is 1. The first-order chi connectivity index (χ1) is 19.7. The van der Waals surface area contributed by atoms with Gasteiger partial charge in [0.2, 0.25) is 0 Å². The molecule has 0 fully saturated rings. The van der Waals surface area contributed by atoms with Gasteiger partial charge in [0.15, 0.2) is 11.5 Å². The molecule has 1 aliphatic rings. The van der Waals surface area contributed by atoms with Crippen LogP contribution in [-0.2, 0) is 16.1 Å². The molecule has 0 aliphatic carbocycles. The molecule has 0 saturated heterocycles. The smallest absolute Gasteiger partial charge is 0.344 e. The number of rotatable bonds is 9. The van der Waals surface area contributed by atoms with E-state index in [2.05, 4.69) is 20.9 Å². The van der Waals surface area contributed by atoms with E-state index in [1.165, 1.54) is 0 Å². The second-order valence-corrected chi connectivity index (χ2v) is 11.1. The van der Waals surface area contributed by atoms with Crippen LogP contribution in [0.15, 0.2) is 86.4 Å². The van der Waals surface area contributed by atoms with Crippen molar-refractivity contribution >= 4 is 62.3 Å². The number of thioether (sulfide) groups is 1. The van der Waals surface area contributed by atoms with Gasteiger partial charge in [0.05, 0.1) is 22.6 Å². The minimum atomic E-state index is -0.766. The summed E-state index contributed by atoms with van der Waals surface area (Å²) < 4.78 is 17.7. The first-order valence-corrected chi connectivity index (χ1v) is 14.7. The van der Waals surface area contributed by atoms with Crippen LogP contribution in [0.2, 0.25) is 5.02 Å². The van der Waals surface area contributed by atoms with Crippen LogP contribution in [0.5, 0.6) is 11.5 Å². The lowest BCUT2D eigenvalue weighted by atomic mass is 10.1. The van der Waals surface area contributed by atoms with E-state index in [4.69, 9.17) is 25.8 Å². The topological polar surface area (TPSA) is 94.4 Å². The number of carbonyl (C=O) groups is 2. The molecular weight excluding hydrogens is 630 g/mol. The highest BCUT2D eigenvalue weighted by Gasteiger charge is 2.34. The van der Waals surface area contributed by atoms with E-state index in [1.807, 2.05) is 31.2 Å². The molecule has 3 aromatic rings. The van der Waals surface area contributed by atoms with Crippen molar-refractivity contribution < 1.29 is 28.9 Å². The number of aliphatic hydroxyl groups excluding tert-OH is 1. The third-order valence-electron chi connectivity index (χ3n) is 5.85. The normalized spacial score (nSPS) is 15.0. The van der Waals surface area contributed by atoms with Gasteiger partial charge in [-0.25, -0.2) is 9.79 Å². The molecular formula is C31H27BrClNO6S. The van der Waals surface area contributed by atoms with Crippen LogP contribution in [0, 0.1) is 6.92 Å². The zero-order chi connectivity index (χ0) is 29.5. The van der Waals surface area contributed by atoms with Crippen molar-refractivity contribution in [1.29, 1.82) is 0 Å². The SMILES string of the molecule is CCOC(=O)C1=C(O)/C(=C/c2cc(Br)c(OCc3cccc(Cl)c3)c(OCC)c2)SC1=NC(=O)c1ccccc1C. The third kappa shape index (κ3) is 7.41. The molecule has 0 radical (unpaired) electrons. The number of halogens is 2. The Labute approximate surface area is 256 Å². The third-order valence-corrected chi connectivity index (χ3v) is 7.69. The molecule has 212 valence electrons. The number of aryl methyl sites for hydroxylation is 1. The summed E-state index contributed by atoms with van der Waals surface area (Å²) in [6.07, 6.45) is 1.67. The summed E-state index contributed by atoms with van der Waals surface area (Å²) in [5.74, 6) is -0.620. The molecule has 7 nitrogen and oxygen atoms in total. The number of esters is 1. The molecule has 0 aromatic heterocycles. The van der Waals surface area contributed by atoms with Gasteiger partial charge in [-0.05, 0) is 89.8 Å². The molecule has 1 amide bonds. The van der Waals surface area contributed by atoms with Crippen LogP contribution in [0.4, 0.5) is 0 Å². The minimum Gasteiger partial charge on any atom is -0.506 e. The molecule has 0 spiro atoms. The van der Waals surface area contributed by atoms with E-state index in [9.17, 15) is 14.7 Å². The van der Waals surface area contributed by atoms with Crippen LogP contribution in [0.25, 0.3) is 6.08 Å². The van der Waals surface area contributed by atoms with Crippen molar-refractivity contribution in [3.8, 4) is 11.5 Å². The van der Waals surface area contributed by atoms with Crippen molar-refractivity contribution in [3.63, 3.8) is 0 Å². The fourth-order valence-corrected chi connectivity index (χ4v) is 5.76. The van der Waals surface area contributed by atoms with Gasteiger partial charge < -0.3 is 19.3 Å². The van der Waals surface area contributed by atoms with Crippen molar-refractivity contribution in [3.05, 3.63) is 109 Å². The Kier molecular flexibility index (Phi) is 10.3. The monoisotopic (exact) mass is 655 g/mol. The average molecular weight is 657 g/mol. The van der Waals surface area contributed by atoms with Gasteiger partial charge in [0, 0.05) is 10.6 Å². The quantitative estimate of drug-likeness (QED) is 0.233. The molecule has 4 rings (SSSR count). The Morgan fingerprint density at radius 2 is 1.83 bits per heavy atom. The van der Waals surface area contributed by atoms with Gasteiger partial charge in [-0.1, -0.05) is 53.7 Å². The van der Waals surface area contributed by atoms with Crippen molar-refractivity contribution in [2.24, 2.45) is 4.99 Å². The van der Waals surface area contributed by atoms with E-state index >= 15 is 0 Å². The van der Waals surface area contributed by atoms with Crippen molar-refractivity contribution in [2.45, 2.75) is 27.4 Å². The minimum absolute atomic E-state index is 0.0611. The molecule has 41 heavy (non-hydrogen) atoms. The molecule has 0 bridgehead atoms. The molecule has 1 heterocycles. The number of hydrogen-bond acceptors (Lipinski definition) is 7. The first kappa shape index (κ1) is 30.4. The fourth-order valence-electron chi connectivity index (χ4n) is 3.97. The first-order valence-electron chi connectivity index (χ1n) is 12.7. The van der Waals surface area contributed by atoms with Crippen LogP contribution in [0.1, 0.15) is 40.9 Å². The van der Waals surface area contributed by atoms with Crippen LogP contribution in [0.3, 0.4) is 0 Å². The van der Waals surface area contributed by atoms with Gasteiger partial charge in [-0.3, -0.25) is 4.79 Å². The Morgan fingerprint density at radius 3 is 2.54 bits per heavy atom. The number of carbonyl (C=O) groups excluding carboxylic acids is 2. The molecule has 3 aromatic carbocycles. The Bertz CT molecular complexity index is 1580. The molecule has 10 heteroatoms. The summed E-state index contributed by atoms with van der Waals surface area (Å²) in [5, 5.41) is 11.7.